The molecule has 0 saturated carbocycles. The minimum absolute atomic E-state index is 0. The summed E-state index contributed by atoms with van der Waals surface area (Å²) in [6.45, 7) is 0. The molecule has 0 fully saturated rings. The van der Waals surface area contributed by atoms with Crippen LogP contribution >= 0.6 is 9.90 Å². The Morgan fingerprint density at radius 2 is 1.10 bits per heavy atom. The zero-order valence-electron chi connectivity index (χ0n) is 5.20. The Morgan fingerprint density at radius 3 is 1.10 bits per heavy atom. The topological polar surface area (TPSA) is 132 Å². The predicted octanol–water partition coefficient (Wildman–Crippen LogP) is -3.75. The van der Waals surface area contributed by atoms with Crippen LogP contribution in [0.5, 0.6) is 0 Å². The third-order valence-corrected chi connectivity index (χ3v) is 0. The number of carboxylic acid groups (broad SMARTS) is 2. The molecule has 0 aromatic rings. The van der Waals surface area contributed by atoms with E-state index in [1.54, 1.807) is 0 Å². The Morgan fingerprint density at radius 1 is 1.10 bits per heavy atom. The van der Waals surface area contributed by atoms with Crippen molar-refractivity contribution < 1.29 is 19.8 Å². The molecule has 6 nitrogen and oxygen atoms in total. The summed E-state index contributed by atoms with van der Waals surface area (Å²) < 4.78 is 0. The van der Waals surface area contributed by atoms with E-state index >= 15 is 0 Å². The van der Waals surface area contributed by atoms with Crippen molar-refractivity contribution in [1.82, 2.24) is 0 Å². The quantitative estimate of drug-likeness (QED) is 0.302. The van der Waals surface area contributed by atoms with Gasteiger partial charge in [-0.3, -0.25) is 0 Å². The van der Waals surface area contributed by atoms with Gasteiger partial charge in [0.05, 0.1) is 0 Å². The van der Waals surface area contributed by atoms with Gasteiger partial charge >= 0.3 is 43.8 Å². The van der Waals surface area contributed by atoms with Crippen molar-refractivity contribution in [2.24, 2.45) is 11.5 Å². The van der Waals surface area contributed by atoms with Crippen molar-refractivity contribution in [1.29, 1.82) is 0 Å². The molecule has 10 heavy (non-hydrogen) atoms. The van der Waals surface area contributed by atoms with Crippen LogP contribution in [0.3, 0.4) is 0 Å². The molecule has 0 heterocycles. The van der Waals surface area contributed by atoms with E-state index in [9.17, 15) is 0 Å². The Balaban J connectivity index is -0.0000000300. The van der Waals surface area contributed by atoms with Crippen LogP contribution in [0.25, 0.3) is 0 Å². The van der Waals surface area contributed by atoms with Gasteiger partial charge in [-0.1, -0.05) is 0 Å². The van der Waals surface area contributed by atoms with Gasteiger partial charge in [-0.05, 0) is 6.16 Å². The van der Waals surface area contributed by atoms with Crippen LogP contribution < -0.4 is 21.7 Å². The summed E-state index contributed by atoms with van der Waals surface area (Å²) in [6, 6.07) is -0.833. The maximum absolute atomic E-state index is 9.00. The van der Waals surface area contributed by atoms with Crippen molar-refractivity contribution in [3.05, 3.63) is 0 Å². The maximum Gasteiger partial charge on any atom is 2.00 e. The first-order valence-electron chi connectivity index (χ1n) is 1.39. The van der Waals surface area contributed by atoms with E-state index in [-0.39, 0.29) is 47.6 Å². The summed E-state index contributed by atoms with van der Waals surface area (Å²) in [6.07, 6.45) is -2.33. The fourth-order valence-corrected chi connectivity index (χ4v) is 0. The Labute approximate surface area is 90.6 Å². The number of rotatable bonds is 0. The largest absolute Gasteiger partial charge is 2.00 e. The summed E-state index contributed by atoms with van der Waals surface area (Å²) in [5.74, 6) is 0. The second-order valence-electron chi connectivity index (χ2n) is 0.652. The summed E-state index contributed by atoms with van der Waals surface area (Å²) in [5.41, 5.74) is 8.50. The number of urea groups is 1. The van der Waals surface area contributed by atoms with Gasteiger partial charge in [0.25, 0.3) is 0 Å². The molecule has 0 bridgehead atoms. The van der Waals surface area contributed by atoms with E-state index in [0.29, 0.717) is 0 Å². The molecule has 8 heteroatoms. The molecule has 2 amide bonds. The smallest absolute Gasteiger partial charge is 0.652 e. The van der Waals surface area contributed by atoms with E-state index in [0.717, 1.165) is 0 Å². The summed E-state index contributed by atoms with van der Waals surface area (Å²) >= 11 is 0. The average molecular weight is 194 g/mol. The van der Waals surface area contributed by atoms with Crippen LogP contribution in [0.2, 0.25) is 0 Å². The van der Waals surface area contributed by atoms with E-state index in [4.69, 9.17) is 19.8 Å². The van der Waals surface area contributed by atoms with E-state index < -0.39 is 12.2 Å². The molecule has 0 aliphatic heterocycles. The molecule has 1 atom stereocenters. The molecule has 0 aliphatic rings. The first-order valence-corrected chi connectivity index (χ1v) is 1.39. The summed E-state index contributed by atoms with van der Waals surface area (Å²) in [5, 5.41) is 16.7. The van der Waals surface area contributed by atoms with Crippen LogP contribution in [0.1, 0.15) is 0 Å². The van der Waals surface area contributed by atoms with Crippen LogP contribution in [-0.4, -0.2) is 49.9 Å². The number of hydrogen-bond acceptors (Lipinski definition) is 4. The number of primary amides is 2. The molecular weight excluding hydrogens is 187 g/mol. The Hall–Kier alpha value is 0.230. The fourth-order valence-electron chi connectivity index (χ4n) is 0. The molecule has 0 aliphatic carbocycles. The SMILES string of the molecule is NC(N)=O.O=C([O-])[O-].P.[Ca+2]. The fraction of sp³-hybridized carbons (Fsp3) is 0. The second kappa shape index (κ2) is 16.1. The van der Waals surface area contributed by atoms with Gasteiger partial charge in [0, 0.05) is 0 Å². The third kappa shape index (κ3) is 8150. The summed E-state index contributed by atoms with van der Waals surface area (Å²) in [7, 11) is 0. The normalized spacial score (nSPS) is 4.80. The number of carbonyl (C=O) groups excluding carboxylic acids is 2. The molecule has 4 N–H and O–H groups in total. The van der Waals surface area contributed by atoms with E-state index in [1.807, 2.05) is 0 Å². The Bertz CT molecular complexity index is 79.3. The van der Waals surface area contributed by atoms with Crippen LogP contribution in [0, 0.1) is 0 Å². The molecule has 0 aromatic carbocycles. The second-order valence-corrected chi connectivity index (χ2v) is 0.652. The van der Waals surface area contributed by atoms with Crippen LogP contribution in [0.4, 0.5) is 9.59 Å². The molecule has 56 valence electrons. The predicted molar refractivity (Wildman–Crippen MR) is 36.0 cm³/mol. The van der Waals surface area contributed by atoms with E-state index in [2.05, 4.69) is 11.5 Å². The van der Waals surface area contributed by atoms with Crippen LogP contribution in [0.15, 0.2) is 0 Å². The van der Waals surface area contributed by atoms with Crippen molar-refractivity contribution in [3.63, 3.8) is 0 Å². The minimum atomic E-state index is -2.33. The van der Waals surface area contributed by atoms with Crippen molar-refractivity contribution in [2.75, 3.05) is 0 Å². The standard InChI is InChI=1S/CH4N2O.CH2O3.Ca.H3P/c2*2-1(3)4;;/h(H4,2,3,4);(H2,2,3,4);;1H3/q;;+2;/p-2. The molecule has 0 radical (unpaired) electrons. The van der Waals surface area contributed by atoms with Crippen molar-refractivity contribution in [2.45, 2.75) is 0 Å². The third-order valence-electron chi connectivity index (χ3n) is 0. The summed E-state index contributed by atoms with van der Waals surface area (Å²) in [4.78, 5) is 17.3. The number of carbonyl (C=O) groups is 2. The molecule has 0 saturated heterocycles. The Kier molecular flexibility index (Phi) is 36.2. The molecule has 0 rings (SSSR count). The molecule has 1 unspecified atom stereocenters. The number of hydrogen-bond donors (Lipinski definition) is 2. The van der Waals surface area contributed by atoms with Gasteiger partial charge in [-0.25, -0.2) is 4.79 Å². The van der Waals surface area contributed by atoms with E-state index in [1.165, 1.54) is 0 Å². The average Bonchev–Trinajstić information content (AvgIpc) is 1.25. The van der Waals surface area contributed by atoms with Gasteiger partial charge in [0.15, 0.2) is 0 Å². The van der Waals surface area contributed by atoms with Crippen molar-refractivity contribution in [3.8, 4) is 0 Å². The van der Waals surface area contributed by atoms with Gasteiger partial charge in [0.1, 0.15) is 0 Å². The zero-order chi connectivity index (χ0) is 7.15. The monoisotopic (exact) mass is 194 g/mol. The number of nitrogens with two attached hydrogens (primary N) is 2. The molecular formula is C2H7CaN2O4P. The maximum atomic E-state index is 9.00. The number of amides is 2. The molecule has 0 aromatic heterocycles. The first kappa shape index (κ1) is 22.5. The molecule has 0 spiro atoms. The van der Waals surface area contributed by atoms with Gasteiger partial charge < -0.3 is 26.5 Å². The van der Waals surface area contributed by atoms with Gasteiger partial charge in [-0.15, -0.1) is 0 Å². The van der Waals surface area contributed by atoms with Crippen molar-refractivity contribution >= 4 is 59.8 Å². The first-order chi connectivity index (χ1) is 3.46. The zero-order valence-corrected chi connectivity index (χ0v) is 8.82. The van der Waals surface area contributed by atoms with Crippen LogP contribution in [-0.2, 0) is 0 Å². The van der Waals surface area contributed by atoms with Gasteiger partial charge in [-0.2, -0.15) is 9.90 Å². The van der Waals surface area contributed by atoms with Gasteiger partial charge in [0.2, 0.25) is 0 Å². The minimum Gasteiger partial charge on any atom is -0.652 e.